The molecule has 0 saturated carbocycles. The highest BCUT2D eigenvalue weighted by Gasteiger charge is 2.39. The smallest absolute Gasteiger partial charge is 0.222 e. The fourth-order valence-electron chi connectivity index (χ4n) is 4.11. The number of carbonyl (C=O) groups is 1. The molecule has 2 aliphatic rings. The van der Waals surface area contributed by atoms with Crippen molar-refractivity contribution in [1.82, 2.24) is 24.6 Å². The molecule has 3 rings (SSSR count). The minimum Gasteiger partial charge on any atom is -0.339 e. The van der Waals surface area contributed by atoms with Gasteiger partial charge >= 0.3 is 0 Å². The molecule has 24 heavy (non-hydrogen) atoms. The monoisotopic (exact) mass is 351 g/mol. The summed E-state index contributed by atoms with van der Waals surface area (Å²) in [5, 5.41) is 4.27. The largest absolute Gasteiger partial charge is 0.339 e. The lowest BCUT2D eigenvalue weighted by atomic mass is 9.83. The van der Waals surface area contributed by atoms with E-state index >= 15 is 0 Å². The third-order valence-electron chi connectivity index (χ3n) is 5.34. The molecule has 134 valence electrons. The molecule has 0 spiro atoms. The molecule has 2 saturated heterocycles. The normalized spacial score (nSPS) is 25.1. The zero-order chi connectivity index (χ0) is 16.9. The molecule has 0 radical (unpaired) electrons. The summed E-state index contributed by atoms with van der Waals surface area (Å²) in [7, 11) is 0. The van der Waals surface area contributed by atoms with Gasteiger partial charge < -0.3 is 4.90 Å². The fourth-order valence-corrected chi connectivity index (χ4v) is 4.53. The van der Waals surface area contributed by atoms with Crippen molar-refractivity contribution in [2.45, 2.75) is 51.7 Å². The van der Waals surface area contributed by atoms with Crippen molar-refractivity contribution in [1.29, 1.82) is 0 Å². The molecular formula is C17H29N5OS. The van der Waals surface area contributed by atoms with Crippen LogP contribution in [0.2, 0.25) is 0 Å². The van der Waals surface area contributed by atoms with Crippen LogP contribution in [0.15, 0.2) is 6.33 Å². The van der Waals surface area contributed by atoms with Crippen LogP contribution in [-0.2, 0) is 17.9 Å². The SMILES string of the molecule is CCn1ncnc1CN1CC[C@@H]2[C@@H](CCC(=O)N2CCCSC)C1. The molecule has 1 aromatic rings. The van der Waals surface area contributed by atoms with Crippen molar-refractivity contribution < 1.29 is 4.79 Å². The predicted molar refractivity (Wildman–Crippen MR) is 96.8 cm³/mol. The third-order valence-corrected chi connectivity index (χ3v) is 6.03. The van der Waals surface area contributed by atoms with Gasteiger partial charge in [0.25, 0.3) is 0 Å². The lowest BCUT2D eigenvalue weighted by Crippen LogP contribution is -2.56. The Kier molecular flexibility index (Phi) is 6.16. The molecule has 2 atom stereocenters. The molecule has 3 heterocycles. The number of hydrogen-bond donors (Lipinski definition) is 0. The van der Waals surface area contributed by atoms with Crippen LogP contribution in [0.5, 0.6) is 0 Å². The number of likely N-dealkylation sites (tertiary alicyclic amines) is 2. The Bertz CT molecular complexity index is 549. The zero-order valence-corrected chi connectivity index (χ0v) is 15.7. The average molecular weight is 352 g/mol. The van der Waals surface area contributed by atoms with E-state index in [0.29, 0.717) is 17.9 Å². The van der Waals surface area contributed by atoms with Crippen LogP contribution >= 0.6 is 11.8 Å². The first kappa shape index (κ1) is 17.7. The summed E-state index contributed by atoms with van der Waals surface area (Å²) in [4.78, 5) is 21.4. The molecule has 6 nitrogen and oxygen atoms in total. The Hall–Kier alpha value is -1.08. The highest BCUT2D eigenvalue weighted by molar-refractivity contribution is 7.98. The molecule has 1 aromatic heterocycles. The van der Waals surface area contributed by atoms with E-state index < -0.39 is 0 Å². The predicted octanol–water partition coefficient (Wildman–Crippen LogP) is 1.86. The van der Waals surface area contributed by atoms with Crippen LogP contribution in [0.25, 0.3) is 0 Å². The van der Waals surface area contributed by atoms with E-state index in [9.17, 15) is 4.79 Å². The maximum atomic E-state index is 12.3. The van der Waals surface area contributed by atoms with E-state index in [1.165, 1.54) is 0 Å². The van der Waals surface area contributed by atoms with Crippen molar-refractivity contribution in [3.05, 3.63) is 12.2 Å². The summed E-state index contributed by atoms with van der Waals surface area (Å²) in [6.07, 6.45) is 7.75. The van der Waals surface area contributed by atoms with Gasteiger partial charge in [-0.15, -0.1) is 0 Å². The molecule has 2 fully saturated rings. The number of aryl methyl sites for hydroxylation is 1. The van der Waals surface area contributed by atoms with E-state index in [4.69, 9.17) is 0 Å². The molecule has 1 amide bonds. The first-order valence-electron chi connectivity index (χ1n) is 9.10. The molecule has 7 heteroatoms. The van der Waals surface area contributed by atoms with E-state index in [1.54, 1.807) is 6.33 Å². The molecule has 2 aliphatic heterocycles. The first-order valence-corrected chi connectivity index (χ1v) is 10.5. The molecule has 0 aliphatic carbocycles. The number of rotatable bonds is 7. The highest BCUT2D eigenvalue weighted by Crippen LogP contribution is 2.32. The quantitative estimate of drug-likeness (QED) is 0.702. The molecular weight excluding hydrogens is 322 g/mol. The minimum atomic E-state index is 0.372. The lowest BCUT2D eigenvalue weighted by molar-refractivity contribution is -0.141. The Morgan fingerprint density at radius 2 is 2.25 bits per heavy atom. The van der Waals surface area contributed by atoms with E-state index in [0.717, 1.165) is 70.0 Å². The van der Waals surface area contributed by atoms with Gasteiger partial charge in [-0.3, -0.25) is 9.69 Å². The Balaban J connectivity index is 1.58. The summed E-state index contributed by atoms with van der Waals surface area (Å²) in [6, 6.07) is 0.452. The van der Waals surface area contributed by atoms with Crippen LogP contribution in [0.3, 0.4) is 0 Å². The van der Waals surface area contributed by atoms with E-state index in [2.05, 4.69) is 33.1 Å². The van der Waals surface area contributed by atoms with Gasteiger partial charge in [-0.25, -0.2) is 9.67 Å². The standard InChI is InChI=1S/C17H29N5OS/c1-3-22-16(18-13-19-22)12-20-9-7-15-14(11-20)5-6-17(23)21(15)8-4-10-24-2/h13-15H,3-12H2,1-2H3/t14-,15+/m0/s1. The van der Waals surface area contributed by atoms with Crippen molar-refractivity contribution in [2.24, 2.45) is 5.92 Å². The lowest BCUT2D eigenvalue weighted by Gasteiger charge is -2.47. The molecule has 0 bridgehead atoms. The van der Waals surface area contributed by atoms with Gasteiger partial charge in [0, 0.05) is 38.6 Å². The van der Waals surface area contributed by atoms with Crippen molar-refractivity contribution >= 4 is 17.7 Å². The number of hydrogen-bond acceptors (Lipinski definition) is 5. The molecule has 0 N–H and O–H groups in total. The number of carbonyl (C=O) groups excluding carboxylic acids is 1. The number of piperidine rings is 2. The van der Waals surface area contributed by atoms with Gasteiger partial charge in [0.1, 0.15) is 12.2 Å². The number of aromatic nitrogens is 3. The van der Waals surface area contributed by atoms with Crippen molar-refractivity contribution in [3.8, 4) is 0 Å². The van der Waals surface area contributed by atoms with Gasteiger partial charge in [0.05, 0.1) is 6.54 Å². The van der Waals surface area contributed by atoms with Gasteiger partial charge in [-0.05, 0) is 44.1 Å². The van der Waals surface area contributed by atoms with Gasteiger partial charge in [-0.2, -0.15) is 16.9 Å². The van der Waals surface area contributed by atoms with E-state index in [1.807, 2.05) is 16.4 Å². The highest BCUT2D eigenvalue weighted by atomic mass is 32.2. The molecule has 0 aromatic carbocycles. The minimum absolute atomic E-state index is 0.372. The van der Waals surface area contributed by atoms with E-state index in [-0.39, 0.29) is 0 Å². The summed E-state index contributed by atoms with van der Waals surface area (Å²) in [5.41, 5.74) is 0. The van der Waals surface area contributed by atoms with Crippen LogP contribution < -0.4 is 0 Å². The zero-order valence-electron chi connectivity index (χ0n) is 14.9. The summed E-state index contributed by atoms with van der Waals surface area (Å²) in [5.74, 6) is 3.18. The summed E-state index contributed by atoms with van der Waals surface area (Å²) >= 11 is 1.87. The maximum Gasteiger partial charge on any atom is 0.222 e. The second kappa shape index (κ2) is 8.34. The second-order valence-corrected chi connectivity index (χ2v) is 7.80. The van der Waals surface area contributed by atoms with Gasteiger partial charge in [0.15, 0.2) is 0 Å². The Morgan fingerprint density at radius 1 is 1.38 bits per heavy atom. The van der Waals surface area contributed by atoms with Gasteiger partial charge in [-0.1, -0.05) is 0 Å². The molecule has 0 unspecified atom stereocenters. The van der Waals surface area contributed by atoms with Crippen molar-refractivity contribution in [3.63, 3.8) is 0 Å². The number of amides is 1. The van der Waals surface area contributed by atoms with Crippen LogP contribution in [0.1, 0.15) is 38.4 Å². The number of nitrogens with zero attached hydrogens (tertiary/aromatic N) is 5. The topological polar surface area (TPSA) is 54.3 Å². The van der Waals surface area contributed by atoms with Crippen molar-refractivity contribution in [2.75, 3.05) is 31.6 Å². The number of thioether (sulfide) groups is 1. The third kappa shape index (κ3) is 3.94. The Morgan fingerprint density at radius 3 is 3.04 bits per heavy atom. The second-order valence-electron chi connectivity index (χ2n) is 6.82. The Labute approximate surface area is 149 Å². The van der Waals surface area contributed by atoms with Gasteiger partial charge in [0.2, 0.25) is 5.91 Å². The summed E-state index contributed by atoms with van der Waals surface area (Å²) in [6.45, 7) is 6.90. The van der Waals surface area contributed by atoms with Crippen LogP contribution in [0.4, 0.5) is 0 Å². The maximum absolute atomic E-state index is 12.3. The number of fused-ring (bicyclic) bond motifs is 1. The van der Waals surface area contributed by atoms with Crippen LogP contribution in [-0.4, -0.2) is 68.2 Å². The first-order chi connectivity index (χ1) is 11.7. The van der Waals surface area contributed by atoms with Crippen LogP contribution in [0, 0.1) is 5.92 Å². The fraction of sp³-hybridized carbons (Fsp3) is 0.824. The average Bonchev–Trinajstić information content (AvgIpc) is 3.04. The summed E-state index contributed by atoms with van der Waals surface area (Å²) < 4.78 is 1.98.